The zero-order valence-electron chi connectivity index (χ0n) is 10.7. The third kappa shape index (κ3) is 2.98. The number of nitro benzene ring substituents is 1. The summed E-state index contributed by atoms with van der Waals surface area (Å²) in [6.45, 7) is 1.99. The predicted octanol–water partition coefficient (Wildman–Crippen LogP) is 3.15. The van der Waals surface area contributed by atoms with Gasteiger partial charge in [-0.3, -0.25) is 10.1 Å². The van der Waals surface area contributed by atoms with Gasteiger partial charge in [-0.25, -0.2) is 0 Å². The molecule has 0 aliphatic carbocycles. The number of rotatable bonds is 4. The van der Waals surface area contributed by atoms with Crippen molar-refractivity contribution < 1.29 is 4.92 Å². The highest BCUT2D eigenvalue weighted by Crippen LogP contribution is 2.24. The number of nitro groups is 1. The molecule has 19 heavy (non-hydrogen) atoms. The number of aryl methyl sites for hydroxylation is 1. The van der Waals surface area contributed by atoms with E-state index >= 15 is 0 Å². The molecule has 0 heterocycles. The van der Waals surface area contributed by atoms with Gasteiger partial charge in [-0.2, -0.15) is 0 Å². The predicted molar refractivity (Wildman–Crippen MR) is 74.9 cm³/mol. The fraction of sp³-hybridized carbons (Fsp3) is 0.200. The van der Waals surface area contributed by atoms with Crippen molar-refractivity contribution in [2.24, 2.45) is 5.73 Å². The van der Waals surface area contributed by atoms with Crippen molar-refractivity contribution in [3.63, 3.8) is 0 Å². The number of benzene rings is 2. The van der Waals surface area contributed by atoms with Crippen molar-refractivity contribution in [1.82, 2.24) is 0 Å². The largest absolute Gasteiger partial charge is 0.324 e. The zero-order valence-corrected chi connectivity index (χ0v) is 10.7. The fourth-order valence-electron chi connectivity index (χ4n) is 2.21. The number of nitrogens with zero attached hydrogens (tertiary/aromatic N) is 1. The summed E-state index contributed by atoms with van der Waals surface area (Å²) in [7, 11) is 0. The molecular formula is C15H16N2O2. The summed E-state index contributed by atoms with van der Waals surface area (Å²) < 4.78 is 0. The molecule has 0 radical (unpaired) electrons. The van der Waals surface area contributed by atoms with Gasteiger partial charge in [0, 0.05) is 17.7 Å². The SMILES string of the molecule is Cc1ccccc1C(N)Cc1ccccc1[N+](=O)[O-]. The van der Waals surface area contributed by atoms with Crippen molar-refractivity contribution >= 4 is 5.69 Å². The van der Waals surface area contributed by atoms with E-state index in [1.54, 1.807) is 18.2 Å². The monoisotopic (exact) mass is 256 g/mol. The maximum atomic E-state index is 11.0. The molecule has 0 saturated heterocycles. The van der Waals surface area contributed by atoms with Gasteiger partial charge < -0.3 is 5.73 Å². The first kappa shape index (κ1) is 13.2. The molecule has 0 aliphatic heterocycles. The van der Waals surface area contributed by atoms with E-state index in [9.17, 15) is 10.1 Å². The second-order valence-corrected chi connectivity index (χ2v) is 4.55. The summed E-state index contributed by atoms with van der Waals surface area (Å²) in [4.78, 5) is 10.6. The van der Waals surface area contributed by atoms with Crippen LogP contribution in [0.3, 0.4) is 0 Å². The molecule has 2 aromatic rings. The van der Waals surface area contributed by atoms with Crippen LogP contribution in [-0.2, 0) is 6.42 Å². The lowest BCUT2D eigenvalue weighted by Crippen LogP contribution is -2.15. The molecule has 2 rings (SSSR count). The highest BCUT2D eigenvalue weighted by molar-refractivity contribution is 5.41. The number of para-hydroxylation sites is 1. The van der Waals surface area contributed by atoms with E-state index in [2.05, 4.69) is 0 Å². The first-order chi connectivity index (χ1) is 9.09. The highest BCUT2D eigenvalue weighted by atomic mass is 16.6. The maximum Gasteiger partial charge on any atom is 0.272 e. The Kier molecular flexibility index (Phi) is 3.92. The van der Waals surface area contributed by atoms with Crippen LogP contribution in [-0.4, -0.2) is 4.92 Å². The van der Waals surface area contributed by atoms with Crippen LogP contribution in [0.25, 0.3) is 0 Å². The van der Waals surface area contributed by atoms with Gasteiger partial charge in [0.1, 0.15) is 0 Å². The highest BCUT2D eigenvalue weighted by Gasteiger charge is 2.16. The summed E-state index contributed by atoms with van der Waals surface area (Å²) in [5.74, 6) is 0. The van der Waals surface area contributed by atoms with Crippen molar-refractivity contribution in [3.05, 3.63) is 75.3 Å². The molecule has 1 atom stereocenters. The topological polar surface area (TPSA) is 69.2 Å². The van der Waals surface area contributed by atoms with Crippen molar-refractivity contribution in [2.75, 3.05) is 0 Å². The van der Waals surface area contributed by atoms with Crippen LogP contribution < -0.4 is 5.73 Å². The Bertz CT molecular complexity index is 596. The molecule has 0 spiro atoms. The van der Waals surface area contributed by atoms with Crippen molar-refractivity contribution in [3.8, 4) is 0 Å². The summed E-state index contributed by atoms with van der Waals surface area (Å²) in [6.07, 6.45) is 0.460. The standard InChI is InChI=1S/C15H16N2O2/c1-11-6-2-4-8-13(11)14(16)10-12-7-3-5-9-15(12)17(18)19/h2-9,14H,10,16H2,1H3. The third-order valence-electron chi connectivity index (χ3n) is 3.22. The molecule has 0 fully saturated rings. The normalized spacial score (nSPS) is 12.1. The van der Waals surface area contributed by atoms with E-state index < -0.39 is 0 Å². The van der Waals surface area contributed by atoms with E-state index in [0.29, 0.717) is 12.0 Å². The van der Waals surface area contributed by atoms with Gasteiger partial charge in [-0.15, -0.1) is 0 Å². The first-order valence-electron chi connectivity index (χ1n) is 6.13. The molecule has 1 unspecified atom stereocenters. The van der Waals surface area contributed by atoms with Gasteiger partial charge in [0.15, 0.2) is 0 Å². The molecule has 0 aromatic heterocycles. The van der Waals surface area contributed by atoms with Crippen LogP contribution in [0.15, 0.2) is 48.5 Å². The maximum absolute atomic E-state index is 11.0. The van der Waals surface area contributed by atoms with Crippen molar-refractivity contribution in [2.45, 2.75) is 19.4 Å². The number of nitrogens with two attached hydrogens (primary N) is 1. The summed E-state index contributed by atoms with van der Waals surface area (Å²) in [6, 6.07) is 14.4. The fourth-order valence-corrected chi connectivity index (χ4v) is 2.21. The molecule has 0 amide bonds. The van der Waals surface area contributed by atoms with Crippen LogP contribution in [0, 0.1) is 17.0 Å². The smallest absolute Gasteiger partial charge is 0.272 e. The second kappa shape index (κ2) is 5.63. The Balaban J connectivity index is 2.27. The van der Waals surface area contributed by atoms with Gasteiger partial charge in [-0.05, 0) is 24.5 Å². The molecule has 4 nitrogen and oxygen atoms in total. The number of hydrogen-bond donors (Lipinski definition) is 1. The summed E-state index contributed by atoms with van der Waals surface area (Å²) in [5, 5.41) is 11.0. The molecule has 2 aromatic carbocycles. The van der Waals surface area contributed by atoms with E-state index in [1.807, 2.05) is 31.2 Å². The van der Waals surface area contributed by atoms with E-state index in [0.717, 1.165) is 11.1 Å². The first-order valence-corrected chi connectivity index (χ1v) is 6.13. The van der Waals surface area contributed by atoms with Gasteiger partial charge in [0.2, 0.25) is 0 Å². The Morgan fingerprint density at radius 2 is 1.79 bits per heavy atom. The summed E-state index contributed by atoms with van der Waals surface area (Å²) >= 11 is 0. The minimum absolute atomic E-state index is 0.131. The summed E-state index contributed by atoms with van der Waals surface area (Å²) in [5.41, 5.74) is 9.11. The van der Waals surface area contributed by atoms with E-state index in [4.69, 9.17) is 5.73 Å². The third-order valence-corrected chi connectivity index (χ3v) is 3.22. The van der Waals surface area contributed by atoms with Crippen LogP contribution in [0.1, 0.15) is 22.7 Å². The quantitative estimate of drug-likeness (QED) is 0.674. The van der Waals surface area contributed by atoms with E-state index in [-0.39, 0.29) is 16.7 Å². The minimum Gasteiger partial charge on any atom is -0.324 e. The van der Waals surface area contributed by atoms with E-state index in [1.165, 1.54) is 6.07 Å². The second-order valence-electron chi connectivity index (χ2n) is 4.55. The Hall–Kier alpha value is -2.20. The average Bonchev–Trinajstić information content (AvgIpc) is 2.39. The Morgan fingerprint density at radius 1 is 1.16 bits per heavy atom. The lowest BCUT2D eigenvalue weighted by molar-refractivity contribution is -0.385. The minimum atomic E-state index is -0.361. The molecule has 0 aliphatic rings. The lowest BCUT2D eigenvalue weighted by atomic mass is 9.95. The molecule has 0 saturated carbocycles. The molecule has 4 heteroatoms. The van der Waals surface area contributed by atoms with Gasteiger partial charge in [-0.1, -0.05) is 42.5 Å². The van der Waals surface area contributed by atoms with Crippen LogP contribution >= 0.6 is 0 Å². The van der Waals surface area contributed by atoms with Gasteiger partial charge in [0.05, 0.1) is 4.92 Å². The van der Waals surface area contributed by atoms with Crippen LogP contribution in [0.2, 0.25) is 0 Å². The Labute approximate surface area is 112 Å². The lowest BCUT2D eigenvalue weighted by Gasteiger charge is -2.14. The molecule has 2 N–H and O–H groups in total. The van der Waals surface area contributed by atoms with Crippen molar-refractivity contribution in [1.29, 1.82) is 0 Å². The van der Waals surface area contributed by atoms with Crippen LogP contribution in [0.4, 0.5) is 5.69 Å². The average molecular weight is 256 g/mol. The zero-order chi connectivity index (χ0) is 13.8. The molecule has 0 bridgehead atoms. The Morgan fingerprint density at radius 3 is 2.47 bits per heavy atom. The van der Waals surface area contributed by atoms with Crippen LogP contribution in [0.5, 0.6) is 0 Å². The molecular weight excluding hydrogens is 240 g/mol. The van der Waals surface area contributed by atoms with Gasteiger partial charge in [0.25, 0.3) is 5.69 Å². The van der Waals surface area contributed by atoms with Gasteiger partial charge >= 0.3 is 0 Å². The molecule has 98 valence electrons. The number of hydrogen-bond acceptors (Lipinski definition) is 3.